The first kappa shape index (κ1) is 25.5. The van der Waals surface area contributed by atoms with Crippen LogP contribution >= 0.6 is 24.0 Å². The van der Waals surface area contributed by atoms with Crippen LogP contribution in [-0.2, 0) is 16.6 Å². The molecule has 0 amide bonds. The number of piperidine rings is 1. The lowest BCUT2D eigenvalue weighted by Crippen LogP contribution is -2.44. The van der Waals surface area contributed by atoms with Crippen LogP contribution in [0, 0.1) is 18.7 Å². The first-order valence-electron chi connectivity index (χ1n) is 10.1. The van der Waals surface area contributed by atoms with E-state index in [0.717, 1.165) is 24.9 Å². The minimum Gasteiger partial charge on any atom is -0.356 e. The lowest BCUT2D eigenvalue weighted by molar-refractivity contribution is 0.273. The van der Waals surface area contributed by atoms with Gasteiger partial charge >= 0.3 is 0 Å². The third-order valence-corrected chi connectivity index (χ3v) is 7.33. The Kier molecular flexibility index (Phi) is 9.70. The van der Waals surface area contributed by atoms with Crippen LogP contribution in [0.25, 0.3) is 0 Å². The van der Waals surface area contributed by atoms with Crippen LogP contribution in [0.15, 0.2) is 58.4 Å². The van der Waals surface area contributed by atoms with Crippen molar-refractivity contribution in [2.75, 3.05) is 26.7 Å². The van der Waals surface area contributed by atoms with Gasteiger partial charge in [0.05, 0.1) is 4.90 Å². The zero-order valence-corrected chi connectivity index (χ0v) is 21.0. The molecule has 2 aromatic rings. The van der Waals surface area contributed by atoms with Crippen LogP contribution < -0.4 is 10.6 Å². The molecule has 0 aliphatic carbocycles. The molecule has 1 fully saturated rings. The molecule has 0 bridgehead atoms. The van der Waals surface area contributed by atoms with Crippen LogP contribution in [0.2, 0.25) is 0 Å². The quantitative estimate of drug-likeness (QED) is 0.322. The number of hydrogen-bond acceptors (Lipinski definition) is 3. The van der Waals surface area contributed by atoms with Gasteiger partial charge in [-0.25, -0.2) is 12.8 Å². The van der Waals surface area contributed by atoms with Crippen LogP contribution in [0.3, 0.4) is 0 Å². The summed E-state index contributed by atoms with van der Waals surface area (Å²) in [6.45, 7) is 4.06. The highest BCUT2D eigenvalue weighted by molar-refractivity contribution is 14.0. The van der Waals surface area contributed by atoms with Crippen molar-refractivity contribution in [1.82, 2.24) is 14.9 Å². The Labute approximate surface area is 201 Å². The molecule has 0 saturated carbocycles. The fourth-order valence-electron chi connectivity index (χ4n) is 3.56. The van der Waals surface area contributed by atoms with Crippen molar-refractivity contribution in [3.63, 3.8) is 0 Å². The summed E-state index contributed by atoms with van der Waals surface area (Å²) < 4.78 is 40.4. The standard InChI is InChI=1S/C22H29FN4O2S.HI/c1-17-14-19(8-9-21(17)23)16-26-22(24-2)25-15-18-10-12-27(13-11-18)30(28,29)20-6-4-3-5-7-20;/h3-9,14,18H,10-13,15-16H2,1-2H3,(H2,24,25,26);1H. The first-order valence-corrected chi connectivity index (χ1v) is 11.6. The number of halogens is 2. The number of benzene rings is 2. The summed E-state index contributed by atoms with van der Waals surface area (Å²) in [5.74, 6) is 0.844. The molecular weight excluding hydrogens is 530 g/mol. The van der Waals surface area contributed by atoms with Crippen LogP contribution in [-0.4, -0.2) is 45.4 Å². The van der Waals surface area contributed by atoms with Gasteiger partial charge in [-0.3, -0.25) is 4.99 Å². The predicted molar refractivity (Wildman–Crippen MR) is 133 cm³/mol. The normalized spacial score (nSPS) is 15.9. The van der Waals surface area contributed by atoms with E-state index in [1.807, 2.05) is 12.1 Å². The van der Waals surface area contributed by atoms with Crippen LogP contribution in [0.5, 0.6) is 0 Å². The summed E-state index contributed by atoms with van der Waals surface area (Å²) in [7, 11) is -1.71. The number of aryl methyl sites for hydroxylation is 1. The highest BCUT2D eigenvalue weighted by atomic mass is 127. The van der Waals surface area contributed by atoms with Crippen LogP contribution in [0.1, 0.15) is 24.0 Å². The second-order valence-corrected chi connectivity index (χ2v) is 9.49. The van der Waals surface area contributed by atoms with Gasteiger partial charge in [0, 0.05) is 33.2 Å². The monoisotopic (exact) mass is 560 g/mol. The summed E-state index contributed by atoms with van der Waals surface area (Å²) in [5, 5.41) is 6.55. The van der Waals surface area contributed by atoms with E-state index in [0.29, 0.717) is 42.0 Å². The largest absolute Gasteiger partial charge is 0.356 e. The Morgan fingerprint density at radius 2 is 1.81 bits per heavy atom. The van der Waals surface area contributed by atoms with Crippen molar-refractivity contribution < 1.29 is 12.8 Å². The predicted octanol–water partition coefficient (Wildman–Crippen LogP) is 3.52. The molecule has 0 radical (unpaired) electrons. The van der Waals surface area contributed by atoms with Crippen molar-refractivity contribution in [2.24, 2.45) is 10.9 Å². The van der Waals surface area contributed by atoms with E-state index in [-0.39, 0.29) is 29.8 Å². The van der Waals surface area contributed by atoms with Gasteiger partial charge < -0.3 is 10.6 Å². The first-order chi connectivity index (χ1) is 14.4. The zero-order chi connectivity index (χ0) is 21.6. The lowest BCUT2D eigenvalue weighted by Gasteiger charge is -2.31. The van der Waals surface area contributed by atoms with E-state index in [2.05, 4.69) is 15.6 Å². The zero-order valence-electron chi connectivity index (χ0n) is 17.8. The number of hydrogen-bond donors (Lipinski definition) is 2. The highest BCUT2D eigenvalue weighted by Crippen LogP contribution is 2.23. The molecule has 1 aliphatic rings. The maximum Gasteiger partial charge on any atom is 0.243 e. The molecule has 0 aromatic heterocycles. The highest BCUT2D eigenvalue weighted by Gasteiger charge is 2.29. The van der Waals surface area contributed by atoms with Gasteiger partial charge in [-0.1, -0.05) is 30.3 Å². The number of nitrogens with zero attached hydrogens (tertiary/aromatic N) is 2. The van der Waals surface area contributed by atoms with Crippen molar-refractivity contribution in [3.8, 4) is 0 Å². The molecule has 6 nitrogen and oxygen atoms in total. The van der Waals surface area contributed by atoms with Gasteiger partial charge in [-0.05, 0) is 55.0 Å². The molecule has 1 heterocycles. The molecule has 1 saturated heterocycles. The average molecular weight is 560 g/mol. The number of sulfonamides is 1. The molecule has 0 spiro atoms. The van der Waals surface area contributed by atoms with Crippen molar-refractivity contribution in [1.29, 1.82) is 0 Å². The van der Waals surface area contributed by atoms with Crippen molar-refractivity contribution in [2.45, 2.75) is 31.2 Å². The molecule has 9 heteroatoms. The number of aliphatic imine (C=N–C) groups is 1. The summed E-state index contributed by atoms with van der Waals surface area (Å²) in [6.07, 6.45) is 1.60. The summed E-state index contributed by atoms with van der Waals surface area (Å²) in [5.41, 5.74) is 1.60. The molecule has 2 N–H and O–H groups in total. The van der Waals surface area contributed by atoms with Crippen LogP contribution in [0.4, 0.5) is 4.39 Å². The maximum atomic E-state index is 13.4. The third kappa shape index (κ3) is 6.88. The van der Waals surface area contributed by atoms with E-state index in [9.17, 15) is 12.8 Å². The van der Waals surface area contributed by atoms with Gasteiger partial charge in [0.1, 0.15) is 5.82 Å². The average Bonchev–Trinajstić information content (AvgIpc) is 2.77. The minimum absolute atomic E-state index is 0. The van der Waals surface area contributed by atoms with Gasteiger partial charge in [-0.2, -0.15) is 4.31 Å². The van der Waals surface area contributed by atoms with Gasteiger partial charge in [0.25, 0.3) is 0 Å². The second kappa shape index (κ2) is 11.8. The summed E-state index contributed by atoms with van der Waals surface area (Å²) in [4.78, 5) is 4.58. The van der Waals surface area contributed by atoms with Gasteiger partial charge in [-0.15, -0.1) is 24.0 Å². The number of rotatable bonds is 6. The molecule has 3 rings (SSSR count). The van der Waals surface area contributed by atoms with Gasteiger partial charge in [0.15, 0.2) is 5.96 Å². The molecule has 31 heavy (non-hydrogen) atoms. The number of nitrogens with one attached hydrogen (secondary N) is 2. The SMILES string of the molecule is CN=C(NCc1ccc(F)c(C)c1)NCC1CCN(S(=O)(=O)c2ccccc2)CC1.I. The van der Waals surface area contributed by atoms with E-state index < -0.39 is 10.0 Å². The van der Waals surface area contributed by atoms with E-state index in [4.69, 9.17) is 0 Å². The number of guanidine groups is 1. The van der Waals surface area contributed by atoms with Crippen molar-refractivity contribution >= 4 is 40.0 Å². The van der Waals surface area contributed by atoms with E-state index in [1.54, 1.807) is 48.6 Å². The Balaban J connectivity index is 0.00000341. The third-order valence-electron chi connectivity index (χ3n) is 5.42. The fourth-order valence-corrected chi connectivity index (χ4v) is 5.05. The molecule has 1 aliphatic heterocycles. The molecular formula is C22H30FIN4O2S. The molecule has 0 unspecified atom stereocenters. The topological polar surface area (TPSA) is 73.8 Å². The summed E-state index contributed by atoms with van der Waals surface area (Å²) >= 11 is 0. The Bertz CT molecular complexity index is 978. The lowest BCUT2D eigenvalue weighted by atomic mass is 9.98. The summed E-state index contributed by atoms with van der Waals surface area (Å²) in [6, 6.07) is 13.6. The Morgan fingerprint density at radius 3 is 2.42 bits per heavy atom. The Morgan fingerprint density at radius 1 is 1.13 bits per heavy atom. The van der Waals surface area contributed by atoms with E-state index >= 15 is 0 Å². The van der Waals surface area contributed by atoms with Crippen molar-refractivity contribution in [3.05, 3.63) is 65.5 Å². The van der Waals surface area contributed by atoms with Gasteiger partial charge in [0.2, 0.25) is 10.0 Å². The maximum absolute atomic E-state index is 13.4. The molecule has 0 atom stereocenters. The smallest absolute Gasteiger partial charge is 0.243 e. The molecule has 170 valence electrons. The molecule has 2 aromatic carbocycles. The fraction of sp³-hybridized carbons (Fsp3) is 0.409. The minimum atomic E-state index is -3.42. The van der Waals surface area contributed by atoms with E-state index in [1.165, 1.54) is 6.07 Å². The Hall–Kier alpha value is -1.72. The second-order valence-electron chi connectivity index (χ2n) is 7.55.